The predicted molar refractivity (Wildman–Crippen MR) is 99.4 cm³/mol. The minimum atomic E-state index is -0.361. The van der Waals surface area contributed by atoms with Gasteiger partial charge in [-0.15, -0.1) is 10.2 Å². The van der Waals surface area contributed by atoms with Gasteiger partial charge in [-0.05, 0) is 24.1 Å². The van der Waals surface area contributed by atoms with Gasteiger partial charge in [0.15, 0.2) is 0 Å². The summed E-state index contributed by atoms with van der Waals surface area (Å²) in [4.78, 5) is 14.7. The lowest BCUT2D eigenvalue weighted by Crippen LogP contribution is -2.28. The maximum Gasteiger partial charge on any atom is 0.274 e. The number of nitrogens with one attached hydrogen (secondary N) is 2. The number of rotatable bonds is 7. The number of hydrogen-bond acceptors (Lipinski definition) is 6. The lowest BCUT2D eigenvalue weighted by molar-refractivity contribution is 0.309. The molecule has 0 aliphatic rings. The third-order valence-corrected chi connectivity index (χ3v) is 3.42. The van der Waals surface area contributed by atoms with Crippen LogP contribution in [0.5, 0.6) is 5.75 Å². The molecule has 0 saturated carbocycles. The molecule has 0 saturated heterocycles. The zero-order valence-electron chi connectivity index (χ0n) is 15.2. The van der Waals surface area contributed by atoms with Crippen molar-refractivity contribution in [2.75, 3.05) is 12.0 Å². The average molecular weight is 343 g/mol. The second kappa shape index (κ2) is 8.41. The molecule has 0 spiro atoms. The average Bonchev–Trinajstić information content (AvgIpc) is 2.54. The summed E-state index contributed by atoms with van der Waals surface area (Å²) in [5, 5.41) is 12.0. The first kappa shape index (κ1) is 18.6. The summed E-state index contributed by atoms with van der Waals surface area (Å²) in [6.45, 7) is 8.55. The van der Waals surface area contributed by atoms with E-state index in [-0.39, 0.29) is 16.9 Å². The van der Waals surface area contributed by atoms with Crippen molar-refractivity contribution in [2.45, 2.75) is 46.0 Å². The van der Waals surface area contributed by atoms with Crippen LogP contribution < -0.4 is 15.7 Å². The van der Waals surface area contributed by atoms with E-state index in [1.54, 1.807) is 6.21 Å². The van der Waals surface area contributed by atoms with Gasteiger partial charge in [-0.25, -0.2) is 5.43 Å². The molecule has 0 fully saturated rings. The quantitative estimate of drug-likeness (QED) is 0.458. The molecule has 0 amide bonds. The fourth-order valence-electron chi connectivity index (χ4n) is 2.07. The summed E-state index contributed by atoms with van der Waals surface area (Å²) < 4.78 is 5.66. The van der Waals surface area contributed by atoms with E-state index in [0.717, 1.165) is 24.2 Å². The van der Waals surface area contributed by atoms with Crippen molar-refractivity contribution in [3.63, 3.8) is 0 Å². The van der Waals surface area contributed by atoms with Gasteiger partial charge in [-0.2, -0.15) is 5.10 Å². The van der Waals surface area contributed by atoms with Crippen molar-refractivity contribution in [1.82, 2.24) is 15.2 Å². The Morgan fingerprint density at radius 1 is 1.32 bits per heavy atom. The maximum absolute atomic E-state index is 12.0. The van der Waals surface area contributed by atoms with Crippen molar-refractivity contribution in [3.05, 3.63) is 45.9 Å². The summed E-state index contributed by atoms with van der Waals surface area (Å²) >= 11 is 0. The Morgan fingerprint density at radius 2 is 2.12 bits per heavy atom. The first-order chi connectivity index (χ1) is 11.9. The molecule has 0 atom stereocenters. The van der Waals surface area contributed by atoms with Crippen LogP contribution in [-0.2, 0) is 5.41 Å². The predicted octanol–water partition coefficient (Wildman–Crippen LogP) is 3.09. The van der Waals surface area contributed by atoms with E-state index in [2.05, 4.69) is 32.6 Å². The molecule has 0 unspecified atom stereocenters. The Balaban J connectivity index is 2.00. The molecule has 0 bridgehead atoms. The van der Waals surface area contributed by atoms with Gasteiger partial charge < -0.3 is 4.74 Å². The van der Waals surface area contributed by atoms with Crippen molar-refractivity contribution < 1.29 is 4.74 Å². The van der Waals surface area contributed by atoms with Crippen molar-refractivity contribution in [2.24, 2.45) is 5.10 Å². The first-order valence-corrected chi connectivity index (χ1v) is 8.39. The van der Waals surface area contributed by atoms with Crippen LogP contribution in [0.25, 0.3) is 0 Å². The number of unbranched alkanes of at least 4 members (excludes halogenated alkanes) is 1. The topological polar surface area (TPSA) is 92.3 Å². The van der Waals surface area contributed by atoms with Crippen LogP contribution in [0.1, 0.15) is 51.8 Å². The van der Waals surface area contributed by atoms with Crippen molar-refractivity contribution in [1.29, 1.82) is 0 Å². The lowest BCUT2D eigenvalue weighted by atomic mass is 9.93. The standard InChI is InChI=1S/C18H25N5O2/c1-5-6-10-25-14-9-7-8-13(11-14)12-19-22-17-20-16(24)15(21-23-17)18(2,3)4/h7-9,11-12H,5-6,10H2,1-4H3,(H2,20,22,23,24)/b19-12+. The number of aromatic nitrogens is 3. The summed E-state index contributed by atoms with van der Waals surface area (Å²) in [5.41, 5.74) is 3.32. The molecule has 2 rings (SSSR count). The maximum atomic E-state index is 12.0. The third-order valence-electron chi connectivity index (χ3n) is 3.42. The second-order valence-corrected chi connectivity index (χ2v) is 6.75. The van der Waals surface area contributed by atoms with Gasteiger partial charge in [0.1, 0.15) is 11.4 Å². The summed E-state index contributed by atoms with van der Waals surface area (Å²) in [6, 6.07) is 7.63. The Kier molecular flexibility index (Phi) is 6.27. The van der Waals surface area contributed by atoms with Gasteiger partial charge >= 0.3 is 0 Å². The molecule has 2 N–H and O–H groups in total. The minimum Gasteiger partial charge on any atom is -0.494 e. The number of benzene rings is 1. The molecule has 1 aromatic heterocycles. The van der Waals surface area contributed by atoms with Crippen LogP contribution in [0.15, 0.2) is 34.2 Å². The van der Waals surface area contributed by atoms with Crippen LogP contribution in [0, 0.1) is 0 Å². The van der Waals surface area contributed by atoms with Gasteiger partial charge in [0.05, 0.1) is 12.8 Å². The van der Waals surface area contributed by atoms with Gasteiger partial charge in [0, 0.05) is 5.41 Å². The fraction of sp³-hybridized carbons (Fsp3) is 0.444. The van der Waals surface area contributed by atoms with Gasteiger partial charge in [0.25, 0.3) is 5.56 Å². The Bertz CT molecular complexity index is 778. The van der Waals surface area contributed by atoms with Gasteiger partial charge in [0.2, 0.25) is 5.95 Å². The monoisotopic (exact) mass is 343 g/mol. The van der Waals surface area contributed by atoms with E-state index < -0.39 is 0 Å². The number of anilines is 1. The highest BCUT2D eigenvalue weighted by atomic mass is 16.5. The molecule has 0 radical (unpaired) electrons. The molecule has 7 nitrogen and oxygen atoms in total. The van der Waals surface area contributed by atoms with Crippen LogP contribution in [0.3, 0.4) is 0 Å². The van der Waals surface area contributed by atoms with Crippen LogP contribution >= 0.6 is 0 Å². The second-order valence-electron chi connectivity index (χ2n) is 6.75. The highest BCUT2D eigenvalue weighted by Gasteiger charge is 2.20. The highest BCUT2D eigenvalue weighted by molar-refractivity contribution is 5.80. The Hall–Kier alpha value is -2.70. The first-order valence-electron chi connectivity index (χ1n) is 8.39. The largest absolute Gasteiger partial charge is 0.494 e. The summed E-state index contributed by atoms with van der Waals surface area (Å²) in [7, 11) is 0. The molecule has 134 valence electrons. The molecular formula is C18H25N5O2. The molecule has 2 aromatic rings. The molecule has 7 heteroatoms. The number of hydrogen-bond donors (Lipinski definition) is 2. The van der Waals surface area contributed by atoms with Gasteiger partial charge in [-0.3, -0.25) is 9.78 Å². The number of hydrazone groups is 1. The lowest BCUT2D eigenvalue weighted by Gasteiger charge is -2.15. The van der Waals surface area contributed by atoms with E-state index >= 15 is 0 Å². The zero-order chi connectivity index (χ0) is 18.3. The normalized spacial score (nSPS) is 11.7. The molecule has 0 aliphatic heterocycles. The molecule has 25 heavy (non-hydrogen) atoms. The van der Waals surface area contributed by atoms with E-state index in [1.807, 2.05) is 45.0 Å². The zero-order valence-corrected chi connectivity index (χ0v) is 15.2. The number of nitrogens with zero attached hydrogens (tertiary/aromatic N) is 3. The Morgan fingerprint density at radius 3 is 2.80 bits per heavy atom. The molecule has 1 aromatic carbocycles. The van der Waals surface area contributed by atoms with Gasteiger partial charge in [-0.1, -0.05) is 46.2 Å². The van der Waals surface area contributed by atoms with E-state index in [0.29, 0.717) is 12.3 Å². The SMILES string of the molecule is CCCCOc1cccc(/C=N/Nc2nnc(C(C)(C)C)c(=O)[nH]2)c1. The van der Waals surface area contributed by atoms with E-state index in [9.17, 15) is 4.79 Å². The molecule has 1 heterocycles. The molecule has 0 aliphatic carbocycles. The third kappa shape index (κ3) is 5.70. The number of ether oxygens (including phenoxy) is 1. The van der Waals surface area contributed by atoms with E-state index in [1.165, 1.54) is 0 Å². The highest BCUT2D eigenvalue weighted by Crippen LogP contribution is 2.15. The summed E-state index contributed by atoms with van der Waals surface area (Å²) in [6.07, 6.45) is 3.75. The Labute approximate surface area is 147 Å². The molecular weight excluding hydrogens is 318 g/mol. The smallest absolute Gasteiger partial charge is 0.274 e. The minimum absolute atomic E-state index is 0.199. The van der Waals surface area contributed by atoms with Crippen LogP contribution in [-0.4, -0.2) is 28.0 Å². The van der Waals surface area contributed by atoms with E-state index in [4.69, 9.17) is 4.74 Å². The van der Waals surface area contributed by atoms with Crippen LogP contribution in [0.4, 0.5) is 5.95 Å². The fourth-order valence-corrected chi connectivity index (χ4v) is 2.07. The number of H-pyrrole nitrogens is 1. The van der Waals surface area contributed by atoms with Crippen molar-refractivity contribution >= 4 is 12.2 Å². The van der Waals surface area contributed by atoms with Crippen molar-refractivity contribution in [3.8, 4) is 5.75 Å². The van der Waals surface area contributed by atoms with Crippen LogP contribution in [0.2, 0.25) is 0 Å². The number of aromatic amines is 1. The summed E-state index contributed by atoms with van der Waals surface area (Å²) in [5.74, 6) is 1.00.